The molecule has 0 aromatic carbocycles. The van der Waals surface area contributed by atoms with Crippen molar-refractivity contribution >= 4 is 5.91 Å². The number of pyridine rings is 1. The van der Waals surface area contributed by atoms with E-state index in [1.165, 1.54) is 17.7 Å². The fraction of sp³-hybridized carbons (Fsp3) is 0.591. The molecule has 2 N–H and O–H groups in total. The van der Waals surface area contributed by atoms with E-state index < -0.39 is 0 Å². The van der Waals surface area contributed by atoms with E-state index in [0.29, 0.717) is 19.0 Å². The molecule has 3 heterocycles. The highest BCUT2D eigenvalue weighted by Crippen LogP contribution is 2.23. The molecule has 2 aliphatic rings. The Bertz CT molecular complexity index is 939. The number of H-pyrrole nitrogens is 1. The van der Waals surface area contributed by atoms with E-state index >= 15 is 0 Å². The van der Waals surface area contributed by atoms with Gasteiger partial charge in [-0.2, -0.15) is 5.10 Å². The molecule has 0 bridgehead atoms. The van der Waals surface area contributed by atoms with Crippen molar-refractivity contribution in [1.82, 2.24) is 25.0 Å². The van der Waals surface area contributed by atoms with Crippen molar-refractivity contribution in [3.8, 4) is 0 Å². The lowest BCUT2D eigenvalue weighted by molar-refractivity contribution is 0.0779. The summed E-state index contributed by atoms with van der Waals surface area (Å²) in [6, 6.07) is 1.88. The number of aromatic amines is 1. The topological polar surface area (TPSA) is 83.0 Å². The van der Waals surface area contributed by atoms with E-state index in [1.807, 2.05) is 19.2 Å². The smallest absolute Gasteiger partial charge is 0.263 e. The molecule has 2 aromatic rings. The first kappa shape index (κ1) is 19.9. The fourth-order valence-corrected chi connectivity index (χ4v) is 4.59. The maximum atomic E-state index is 13.2. The lowest BCUT2D eigenvalue weighted by Crippen LogP contribution is -2.38. The number of aryl methyl sites for hydroxylation is 2. The minimum atomic E-state index is -0.226. The number of nitrogens with one attached hydrogen (secondary N) is 2. The van der Waals surface area contributed by atoms with Gasteiger partial charge in [0.1, 0.15) is 5.56 Å². The molecular weight excluding hydrogens is 366 g/mol. The lowest BCUT2D eigenvalue weighted by atomic mass is 9.96. The Labute approximate surface area is 171 Å². The van der Waals surface area contributed by atoms with Gasteiger partial charge in [0.2, 0.25) is 0 Å². The fourth-order valence-electron chi connectivity index (χ4n) is 4.59. The Morgan fingerprint density at radius 2 is 2.14 bits per heavy atom. The van der Waals surface area contributed by atoms with Crippen LogP contribution in [0.2, 0.25) is 0 Å². The first-order valence-electron chi connectivity index (χ1n) is 10.8. The molecule has 156 valence electrons. The van der Waals surface area contributed by atoms with E-state index in [-0.39, 0.29) is 17.0 Å². The molecule has 2 aromatic heterocycles. The first-order chi connectivity index (χ1) is 14.0. The molecule has 29 heavy (non-hydrogen) atoms. The van der Waals surface area contributed by atoms with Crippen molar-refractivity contribution in [3.05, 3.63) is 50.7 Å². The molecule has 1 aliphatic heterocycles. The molecule has 0 saturated carbocycles. The number of aromatic nitrogens is 3. The molecule has 1 atom stereocenters. The molecule has 4 rings (SSSR count). The maximum absolute atomic E-state index is 13.2. The third-order valence-corrected chi connectivity index (χ3v) is 6.32. The van der Waals surface area contributed by atoms with Gasteiger partial charge >= 0.3 is 0 Å². The molecule has 7 nitrogen and oxygen atoms in total. The number of rotatable bonds is 5. The van der Waals surface area contributed by atoms with Gasteiger partial charge in [-0.05, 0) is 81.6 Å². The average molecular weight is 398 g/mol. The Kier molecular flexibility index (Phi) is 5.85. The number of carbonyl (C=O) groups is 1. The number of hydrogen-bond acceptors (Lipinski definition) is 4. The summed E-state index contributed by atoms with van der Waals surface area (Å²) < 4.78 is 1.71. The predicted octanol–water partition coefficient (Wildman–Crippen LogP) is 2.03. The Hall–Kier alpha value is -2.41. The van der Waals surface area contributed by atoms with Crippen molar-refractivity contribution in [2.45, 2.75) is 58.5 Å². The second-order valence-corrected chi connectivity index (χ2v) is 8.54. The van der Waals surface area contributed by atoms with Crippen LogP contribution in [-0.4, -0.2) is 45.7 Å². The van der Waals surface area contributed by atoms with Gasteiger partial charge in [-0.1, -0.05) is 0 Å². The molecule has 0 spiro atoms. The number of fused-ring (bicyclic) bond motifs is 1. The van der Waals surface area contributed by atoms with Crippen LogP contribution in [0.5, 0.6) is 0 Å². The zero-order valence-electron chi connectivity index (χ0n) is 17.5. The minimum Gasteiger partial charge on any atom is -0.336 e. The van der Waals surface area contributed by atoms with E-state index in [4.69, 9.17) is 0 Å². The van der Waals surface area contributed by atoms with Crippen molar-refractivity contribution in [3.63, 3.8) is 0 Å². The highest BCUT2D eigenvalue weighted by molar-refractivity contribution is 5.95. The van der Waals surface area contributed by atoms with E-state index in [0.717, 1.165) is 56.5 Å². The summed E-state index contributed by atoms with van der Waals surface area (Å²) in [5, 5.41) is 11.0. The number of hydrogen-bond donors (Lipinski definition) is 2. The van der Waals surface area contributed by atoms with Gasteiger partial charge in [0.15, 0.2) is 0 Å². The van der Waals surface area contributed by atoms with Gasteiger partial charge in [-0.15, -0.1) is 0 Å². The van der Waals surface area contributed by atoms with Crippen LogP contribution in [-0.2, 0) is 25.9 Å². The number of nitrogens with zero attached hydrogens (tertiary/aromatic N) is 3. The van der Waals surface area contributed by atoms with Crippen LogP contribution in [0.1, 0.15) is 58.6 Å². The summed E-state index contributed by atoms with van der Waals surface area (Å²) in [6.07, 6.45) is 8.45. The van der Waals surface area contributed by atoms with Crippen molar-refractivity contribution in [2.75, 3.05) is 20.1 Å². The second-order valence-electron chi connectivity index (χ2n) is 8.54. The summed E-state index contributed by atoms with van der Waals surface area (Å²) in [5.41, 5.74) is 4.21. The van der Waals surface area contributed by atoms with Gasteiger partial charge in [-0.25, -0.2) is 0 Å². The number of carbonyl (C=O) groups excluding carboxylic acids is 1. The van der Waals surface area contributed by atoms with Crippen molar-refractivity contribution in [1.29, 1.82) is 0 Å². The van der Waals surface area contributed by atoms with Crippen LogP contribution in [0, 0.1) is 12.8 Å². The Morgan fingerprint density at radius 1 is 1.31 bits per heavy atom. The summed E-state index contributed by atoms with van der Waals surface area (Å²) in [6.45, 7) is 4.89. The molecule has 1 unspecified atom stereocenters. The number of piperidine rings is 1. The zero-order valence-corrected chi connectivity index (χ0v) is 17.5. The monoisotopic (exact) mass is 397 g/mol. The van der Waals surface area contributed by atoms with Crippen LogP contribution in [0.4, 0.5) is 0 Å². The standard InChI is InChI=1S/C22H31N5O2/c1-15-9-11-27(13-16-6-5-10-23-12-16)22(29)20(15)21(28)26(2)14-19-17-7-3-4-8-18(17)24-25-19/h9,11,16,23H,3-8,10,12-14H2,1-2H3,(H,24,25). The summed E-state index contributed by atoms with van der Waals surface area (Å²) in [4.78, 5) is 27.9. The van der Waals surface area contributed by atoms with Gasteiger partial charge in [0, 0.05) is 25.5 Å². The molecule has 7 heteroatoms. The molecule has 1 amide bonds. The van der Waals surface area contributed by atoms with Gasteiger partial charge < -0.3 is 14.8 Å². The summed E-state index contributed by atoms with van der Waals surface area (Å²) >= 11 is 0. The van der Waals surface area contributed by atoms with Gasteiger partial charge in [-0.3, -0.25) is 14.7 Å². The lowest BCUT2D eigenvalue weighted by Gasteiger charge is -2.24. The molecule has 1 aliphatic carbocycles. The van der Waals surface area contributed by atoms with Crippen LogP contribution in [0.25, 0.3) is 0 Å². The highest BCUT2D eigenvalue weighted by Gasteiger charge is 2.24. The predicted molar refractivity (Wildman–Crippen MR) is 112 cm³/mol. The van der Waals surface area contributed by atoms with Gasteiger partial charge in [0.25, 0.3) is 11.5 Å². The SMILES string of the molecule is Cc1ccn(CC2CCCNC2)c(=O)c1C(=O)N(C)Cc1n[nH]c2c1CCCC2. The molecule has 1 saturated heterocycles. The minimum absolute atomic E-state index is 0.184. The van der Waals surface area contributed by atoms with Crippen LogP contribution >= 0.6 is 0 Å². The molecular formula is C22H31N5O2. The second kappa shape index (κ2) is 8.53. The third-order valence-electron chi connectivity index (χ3n) is 6.32. The van der Waals surface area contributed by atoms with Crippen LogP contribution in [0.15, 0.2) is 17.1 Å². The zero-order chi connectivity index (χ0) is 20.4. The molecule has 1 fully saturated rings. The van der Waals surface area contributed by atoms with Crippen LogP contribution in [0.3, 0.4) is 0 Å². The van der Waals surface area contributed by atoms with Crippen LogP contribution < -0.4 is 10.9 Å². The van der Waals surface area contributed by atoms with Crippen molar-refractivity contribution in [2.24, 2.45) is 5.92 Å². The highest BCUT2D eigenvalue weighted by atomic mass is 16.2. The Morgan fingerprint density at radius 3 is 2.93 bits per heavy atom. The van der Waals surface area contributed by atoms with E-state index in [1.54, 1.807) is 16.5 Å². The van der Waals surface area contributed by atoms with Crippen molar-refractivity contribution < 1.29 is 4.79 Å². The summed E-state index contributed by atoms with van der Waals surface area (Å²) in [5.74, 6) is 0.205. The summed E-state index contributed by atoms with van der Waals surface area (Å²) in [7, 11) is 1.76. The normalized spacial score (nSPS) is 19.0. The number of amides is 1. The average Bonchev–Trinajstić information content (AvgIpc) is 3.14. The largest absolute Gasteiger partial charge is 0.336 e. The van der Waals surface area contributed by atoms with E-state index in [9.17, 15) is 9.59 Å². The Balaban J connectivity index is 1.53. The quantitative estimate of drug-likeness (QED) is 0.809. The third kappa shape index (κ3) is 4.15. The first-order valence-corrected chi connectivity index (χ1v) is 10.8. The maximum Gasteiger partial charge on any atom is 0.263 e. The molecule has 0 radical (unpaired) electrons. The van der Waals surface area contributed by atoms with E-state index in [2.05, 4.69) is 15.5 Å². The van der Waals surface area contributed by atoms with Gasteiger partial charge in [0.05, 0.1) is 12.2 Å².